The van der Waals surface area contributed by atoms with E-state index in [0.29, 0.717) is 43.0 Å². The quantitative estimate of drug-likeness (QED) is 0.0352. The van der Waals surface area contributed by atoms with Gasteiger partial charge in [0.05, 0.1) is 21.2 Å². The number of nitrogens with one attached hydrogen (secondary N) is 1. The lowest BCUT2D eigenvalue weighted by Crippen LogP contribution is -2.33. The molecule has 8 nitrogen and oxygen atoms in total. The molecule has 1 N–H and O–H groups in total. The molecule has 0 saturated heterocycles. The lowest BCUT2D eigenvalue weighted by atomic mass is 10.1. The summed E-state index contributed by atoms with van der Waals surface area (Å²) < 4.78 is 62.6. The molecule has 1 aliphatic rings. The predicted molar refractivity (Wildman–Crippen MR) is 296 cm³/mol. The van der Waals surface area contributed by atoms with Crippen molar-refractivity contribution in [3.8, 4) is 11.1 Å². The van der Waals surface area contributed by atoms with Crippen molar-refractivity contribution in [1.29, 1.82) is 0 Å². The second-order valence-corrected chi connectivity index (χ2v) is 23.9. The number of rotatable bonds is 42. The van der Waals surface area contributed by atoms with Gasteiger partial charge in [0.2, 0.25) is 20.0 Å². The SMILES string of the molecule is CCCCCCCCCCN(CCCCCCCCCC)S(=O)(=O)c1ccc2c(c1)C(=NNc1ccccc1)c1cc(S(=O)(=O)N(CCCCCCCCCC)CCCCCCCCCC)ccc1-2. The summed E-state index contributed by atoms with van der Waals surface area (Å²) in [4.78, 5) is 0.519. The second-order valence-electron chi connectivity index (χ2n) is 20.1. The monoisotopic (exact) mass is 989 g/mol. The summed E-state index contributed by atoms with van der Waals surface area (Å²) in [5.74, 6) is 0. The maximum Gasteiger partial charge on any atom is 0.243 e. The van der Waals surface area contributed by atoms with Gasteiger partial charge in [-0.25, -0.2) is 16.8 Å². The summed E-state index contributed by atoms with van der Waals surface area (Å²) in [6, 6.07) is 20.6. The fourth-order valence-electron chi connectivity index (χ4n) is 9.82. The Bertz CT molecular complexity index is 1920. The van der Waals surface area contributed by atoms with Crippen LogP contribution in [0.25, 0.3) is 11.1 Å². The fourth-order valence-corrected chi connectivity index (χ4v) is 12.9. The van der Waals surface area contributed by atoms with Crippen molar-refractivity contribution in [3.63, 3.8) is 0 Å². The highest BCUT2D eigenvalue weighted by Crippen LogP contribution is 2.40. The normalized spacial score (nSPS) is 12.6. The number of sulfonamides is 2. The molecule has 1 aliphatic carbocycles. The number of hydrogen-bond acceptors (Lipinski definition) is 6. The molecule has 0 unspecified atom stereocenters. The molecule has 0 saturated carbocycles. The zero-order chi connectivity index (χ0) is 49.4. The van der Waals surface area contributed by atoms with Crippen LogP contribution in [0, 0.1) is 0 Å². The van der Waals surface area contributed by atoms with E-state index in [-0.39, 0.29) is 9.79 Å². The van der Waals surface area contributed by atoms with Gasteiger partial charge in [-0.05, 0) is 73.2 Å². The first kappa shape index (κ1) is 58.5. The lowest BCUT2D eigenvalue weighted by molar-refractivity contribution is 0.382. The number of anilines is 1. The van der Waals surface area contributed by atoms with E-state index in [1.807, 2.05) is 42.5 Å². The molecule has 3 aromatic carbocycles. The maximum absolute atomic E-state index is 14.8. The summed E-state index contributed by atoms with van der Waals surface area (Å²) in [5, 5.41) is 4.95. The molecule has 0 aromatic heterocycles. The van der Waals surface area contributed by atoms with Crippen molar-refractivity contribution in [2.75, 3.05) is 31.6 Å². The smallest absolute Gasteiger partial charge is 0.243 e. The summed E-state index contributed by atoms with van der Waals surface area (Å²) in [7, 11) is -7.67. The van der Waals surface area contributed by atoms with Crippen LogP contribution in [0.5, 0.6) is 0 Å². The molecule has 69 heavy (non-hydrogen) atoms. The molecular formula is C59H96N4O4S2. The molecule has 0 atom stereocenters. The summed E-state index contributed by atoms with van der Waals surface area (Å²) >= 11 is 0. The third-order valence-electron chi connectivity index (χ3n) is 14.2. The molecule has 388 valence electrons. The van der Waals surface area contributed by atoms with E-state index in [2.05, 4.69) is 33.1 Å². The van der Waals surface area contributed by atoms with Crippen molar-refractivity contribution < 1.29 is 16.8 Å². The first-order chi connectivity index (χ1) is 33.7. The number of benzene rings is 3. The average molecular weight is 990 g/mol. The van der Waals surface area contributed by atoms with Gasteiger partial charge in [-0.1, -0.05) is 238 Å². The lowest BCUT2D eigenvalue weighted by Gasteiger charge is -2.23. The van der Waals surface area contributed by atoms with Crippen LogP contribution in [0.3, 0.4) is 0 Å². The Labute approximate surface area is 423 Å². The van der Waals surface area contributed by atoms with Crippen LogP contribution >= 0.6 is 0 Å². The fraction of sp³-hybridized carbons (Fsp3) is 0.678. The van der Waals surface area contributed by atoms with Crippen LogP contribution in [-0.4, -0.2) is 57.3 Å². The van der Waals surface area contributed by atoms with E-state index in [0.717, 1.165) is 93.9 Å². The van der Waals surface area contributed by atoms with E-state index in [9.17, 15) is 16.8 Å². The van der Waals surface area contributed by atoms with Gasteiger partial charge < -0.3 is 0 Å². The Morgan fingerprint density at radius 2 is 0.652 bits per heavy atom. The molecule has 0 bridgehead atoms. The largest absolute Gasteiger partial charge is 0.278 e. The van der Waals surface area contributed by atoms with E-state index in [1.165, 1.54) is 128 Å². The maximum atomic E-state index is 14.8. The van der Waals surface area contributed by atoms with Crippen molar-refractivity contribution in [1.82, 2.24) is 8.61 Å². The van der Waals surface area contributed by atoms with Crippen LogP contribution in [0.2, 0.25) is 0 Å². The number of nitrogens with zero attached hydrogens (tertiary/aromatic N) is 3. The summed E-state index contributed by atoms with van der Waals surface area (Å²) in [6.07, 6.45) is 37.0. The Hall–Kier alpha value is -3.05. The highest BCUT2D eigenvalue weighted by Gasteiger charge is 2.33. The minimum atomic E-state index is -3.84. The van der Waals surface area contributed by atoms with Crippen LogP contribution in [0.4, 0.5) is 5.69 Å². The third-order valence-corrected chi connectivity index (χ3v) is 18.0. The topological polar surface area (TPSA) is 99.1 Å². The van der Waals surface area contributed by atoms with Gasteiger partial charge in [0.15, 0.2) is 0 Å². The molecule has 0 radical (unpaired) electrons. The van der Waals surface area contributed by atoms with Crippen molar-refractivity contribution in [2.24, 2.45) is 5.10 Å². The molecule has 0 fully saturated rings. The number of hydrazone groups is 1. The summed E-state index contributed by atoms with van der Waals surface area (Å²) in [6.45, 7) is 11.0. The van der Waals surface area contributed by atoms with Crippen LogP contribution in [-0.2, 0) is 20.0 Å². The van der Waals surface area contributed by atoms with Crippen molar-refractivity contribution in [2.45, 2.75) is 243 Å². The Morgan fingerprint density at radius 3 is 0.957 bits per heavy atom. The van der Waals surface area contributed by atoms with Crippen LogP contribution in [0.15, 0.2) is 81.6 Å². The molecule has 4 rings (SSSR count). The highest BCUT2D eigenvalue weighted by atomic mass is 32.2. The summed E-state index contributed by atoms with van der Waals surface area (Å²) in [5.41, 5.74) is 7.66. The first-order valence-corrected chi connectivity index (χ1v) is 31.2. The molecule has 0 amide bonds. The van der Waals surface area contributed by atoms with Gasteiger partial charge in [0.25, 0.3) is 0 Å². The number of fused-ring (bicyclic) bond motifs is 3. The number of para-hydroxylation sites is 1. The van der Waals surface area contributed by atoms with Gasteiger partial charge in [-0.3, -0.25) is 5.43 Å². The van der Waals surface area contributed by atoms with E-state index in [4.69, 9.17) is 5.10 Å². The number of hydrogen-bond donors (Lipinski definition) is 1. The second kappa shape index (κ2) is 34.3. The minimum Gasteiger partial charge on any atom is -0.278 e. The molecule has 10 heteroatoms. The predicted octanol–water partition coefficient (Wildman–Crippen LogP) is 17.1. The zero-order valence-electron chi connectivity index (χ0n) is 44.1. The number of unbranched alkanes of at least 4 members (excludes halogenated alkanes) is 28. The van der Waals surface area contributed by atoms with Gasteiger partial charge in [-0.15, -0.1) is 0 Å². The van der Waals surface area contributed by atoms with Crippen molar-refractivity contribution in [3.05, 3.63) is 77.9 Å². The van der Waals surface area contributed by atoms with E-state index < -0.39 is 20.0 Å². The zero-order valence-corrected chi connectivity index (χ0v) is 45.7. The van der Waals surface area contributed by atoms with Gasteiger partial charge in [0.1, 0.15) is 0 Å². The molecular weight excluding hydrogens is 893 g/mol. The molecule has 3 aromatic rings. The minimum absolute atomic E-state index is 0.260. The van der Waals surface area contributed by atoms with Crippen LogP contribution in [0.1, 0.15) is 244 Å². The first-order valence-electron chi connectivity index (χ1n) is 28.4. The van der Waals surface area contributed by atoms with Gasteiger partial charge >= 0.3 is 0 Å². The molecule has 0 heterocycles. The average Bonchev–Trinajstić information content (AvgIpc) is 3.67. The highest BCUT2D eigenvalue weighted by molar-refractivity contribution is 7.89. The van der Waals surface area contributed by atoms with Crippen LogP contribution < -0.4 is 5.43 Å². The van der Waals surface area contributed by atoms with Gasteiger partial charge in [0, 0.05) is 37.3 Å². The van der Waals surface area contributed by atoms with E-state index >= 15 is 0 Å². The third kappa shape index (κ3) is 20.5. The molecule has 0 spiro atoms. The van der Waals surface area contributed by atoms with Crippen molar-refractivity contribution >= 4 is 31.4 Å². The van der Waals surface area contributed by atoms with Gasteiger partial charge in [-0.2, -0.15) is 13.7 Å². The molecule has 0 aliphatic heterocycles. The Morgan fingerprint density at radius 1 is 0.362 bits per heavy atom. The Kier molecular flexibility index (Phi) is 29.1. The Balaban J connectivity index is 1.61. The van der Waals surface area contributed by atoms with E-state index in [1.54, 1.807) is 32.9 Å². The standard InChI is InChI=1S/C59H96N4O4S2/c1-5-9-13-17-21-25-29-36-46-62(47-37-30-26-22-18-14-10-6-2)68(64,65)53-42-44-55-56-45-43-54(51-58(56)59(57(55)50-53)61-60-52-40-34-33-35-41-52)69(66,67)63(48-38-31-27-23-19-15-11-7-3)49-39-32-28-24-20-16-12-8-4/h33-35,40-45,50-51,60H,5-32,36-39,46-49H2,1-4H3.